The minimum Gasteiger partial charge on any atom is -0.484 e. The zero-order valence-corrected chi connectivity index (χ0v) is 16.1. The van der Waals surface area contributed by atoms with Crippen LogP contribution in [0.4, 0.5) is 0 Å². The number of nitrogens with zero attached hydrogens (tertiary/aromatic N) is 2. The third-order valence-corrected chi connectivity index (χ3v) is 5.10. The molecular weight excluding hydrogens is 354 g/mol. The second-order valence-corrected chi connectivity index (χ2v) is 7.17. The van der Waals surface area contributed by atoms with Gasteiger partial charge in [0, 0.05) is 18.7 Å². The Morgan fingerprint density at radius 3 is 2.68 bits per heavy atom. The number of hydrogen-bond acceptors (Lipinski definition) is 3. The lowest BCUT2D eigenvalue weighted by atomic mass is 10.1. The summed E-state index contributed by atoms with van der Waals surface area (Å²) in [5, 5.41) is 3.18. The average molecular weight is 377 g/mol. The molecule has 1 aromatic heterocycles. The molecule has 6 nitrogen and oxygen atoms in total. The number of nitrogens with one attached hydrogen (secondary N) is 1. The normalized spacial score (nSPS) is 13.3. The monoisotopic (exact) mass is 377 g/mol. The molecule has 6 heteroatoms. The molecule has 1 amide bonds. The molecule has 28 heavy (non-hydrogen) atoms. The lowest BCUT2D eigenvalue weighted by Gasteiger charge is -2.26. The number of benzene rings is 2. The van der Waals surface area contributed by atoms with Crippen LogP contribution in [0.3, 0.4) is 0 Å². The van der Waals surface area contributed by atoms with Gasteiger partial charge in [-0.1, -0.05) is 35.9 Å². The van der Waals surface area contributed by atoms with E-state index in [-0.39, 0.29) is 18.1 Å². The molecule has 2 aromatic carbocycles. The predicted molar refractivity (Wildman–Crippen MR) is 107 cm³/mol. The number of aromatic nitrogens is 2. The van der Waals surface area contributed by atoms with E-state index in [1.807, 2.05) is 62.4 Å². The molecule has 2 heterocycles. The Balaban J connectivity index is 1.47. The molecule has 1 aliphatic heterocycles. The largest absolute Gasteiger partial charge is 0.484 e. The molecule has 0 saturated carbocycles. The summed E-state index contributed by atoms with van der Waals surface area (Å²) in [5.74, 6) is 0.599. The van der Waals surface area contributed by atoms with E-state index in [2.05, 4.69) is 5.10 Å². The Hall–Kier alpha value is -3.28. The third kappa shape index (κ3) is 3.45. The fourth-order valence-corrected chi connectivity index (χ4v) is 3.57. The van der Waals surface area contributed by atoms with Crippen molar-refractivity contribution in [1.82, 2.24) is 14.7 Å². The van der Waals surface area contributed by atoms with Crippen LogP contribution in [-0.2, 0) is 17.8 Å². The summed E-state index contributed by atoms with van der Waals surface area (Å²) in [4.78, 5) is 27.1. The summed E-state index contributed by atoms with van der Waals surface area (Å²) < 4.78 is 7.26. The number of rotatable bonds is 4. The van der Waals surface area contributed by atoms with Crippen molar-refractivity contribution in [3.63, 3.8) is 0 Å². The maximum Gasteiger partial charge on any atom is 0.276 e. The maximum absolute atomic E-state index is 12.8. The van der Waals surface area contributed by atoms with Gasteiger partial charge in [0.15, 0.2) is 6.61 Å². The molecule has 1 N–H and O–H groups in total. The van der Waals surface area contributed by atoms with Crippen LogP contribution in [0.5, 0.6) is 5.75 Å². The average Bonchev–Trinajstić information content (AvgIpc) is 3.04. The number of hydrogen-bond donors (Lipinski definition) is 1. The Morgan fingerprint density at radius 2 is 1.93 bits per heavy atom. The molecule has 0 saturated heterocycles. The number of aromatic amines is 1. The van der Waals surface area contributed by atoms with Gasteiger partial charge in [0.25, 0.3) is 11.5 Å². The Kier molecular flexibility index (Phi) is 4.77. The van der Waals surface area contributed by atoms with Gasteiger partial charge in [0.05, 0.1) is 17.8 Å². The van der Waals surface area contributed by atoms with Gasteiger partial charge in [-0.3, -0.25) is 14.7 Å². The first-order chi connectivity index (χ1) is 13.5. The van der Waals surface area contributed by atoms with Crippen molar-refractivity contribution < 1.29 is 9.53 Å². The molecular formula is C22H23N3O3. The van der Waals surface area contributed by atoms with Gasteiger partial charge in [-0.15, -0.1) is 0 Å². The SMILES string of the molecule is Cc1ccc(OCC(=O)N2CCc3[nH]n(-c4ccccc4)c(=O)c3C2)c(C)c1. The summed E-state index contributed by atoms with van der Waals surface area (Å²) in [7, 11) is 0. The lowest BCUT2D eigenvalue weighted by Crippen LogP contribution is -2.40. The highest BCUT2D eigenvalue weighted by atomic mass is 16.5. The standard InChI is InChI=1S/C22H23N3O3/c1-15-8-9-20(16(2)12-15)28-14-21(26)24-11-10-19-18(13-24)22(27)25(23-19)17-6-4-3-5-7-17/h3-9,12,23H,10-11,13-14H2,1-2H3. The van der Waals surface area contributed by atoms with Crippen LogP contribution < -0.4 is 10.3 Å². The molecule has 144 valence electrons. The number of carbonyl (C=O) groups excluding carboxylic acids is 1. The number of aryl methyl sites for hydroxylation is 2. The Morgan fingerprint density at radius 1 is 1.14 bits per heavy atom. The van der Waals surface area contributed by atoms with Crippen molar-refractivity contribution in [3.8, 4) is 11.4 Å². The summed E-state index contributed by atoms with van der Waals surface area (Å²) in [5.41, 5.74) is 4.39. The van der Waals surface area contributed by atoms with Crippen molar-refractivity contribution in [1.29, 1.82) is 0 Å². The van der Waals surface area contributed by atoms with E-state index in [9.17, 15) is 9.59 Å². The smallest absolute Gasteiger partial charge is 0.276 e. The van der Waals surface area contributed by atoms with Crippen molar-refractivity contribution in [2.75, 3.05) is 13.2 Å². The van der Waals surface area contributed by atoms with E-state index in [0.717, 1.165) is 22.5 Å². The molecule has 0 aliphatic carbocycles. The molecule has 0 radical (unpaired) electrons. The van der Waals surface area contributed by atoms with Crippen LogP contribution in [0, 0.1) is 13.8 Å². The Bertz CT molecular complexity index is 1070. The number of H-pyrrole nitrogens is 1. The highest BCUT2D eigenvalue weighted by Crippen LogP contribution is 2.20. The topological polar surface area (TPSA) is 67.3 Å². The lowest BCUT2D eigenvalue weighted by molar-refractivity contribution is -0.134. The molecule has 4 rings (SSSR count). The first kappa shape index (κ1) is 18.1. The first-order valence-corrected chi connectivity index (χ1v) is 9.39. The van der Waals surface area contributed by atoms with Crippen LogP contribution in [0.25, 0.3) is 5.69 Å². The van der Waals surface area contributed by atoms with Crippen molar-refractivity contribution >= 4 is 5.91 Å². The first-order valence-electron chi connectivity index (χ1n) is 9.39. The van der Waals surface area contributed by atoms with Crippen LogP contribution in [-0.4, -0.2) is 33.7 Å². The summed E-state index contributed by atoms with van der Waals surface area (Å²) >= 11 is 0. The van der Waals surface area contributed by atoms with Gasteiger partial charge >= 0.3 is 0 Å². The fourth-order valence-electron chi connectivity index (χ4n) is 3.57. The molecule has 0 fully saturated rings. The minimum absolute atomic E-state index is 0.0312. The fraction of sp³-hybridized carbons (Fsp3) is 0.273. The number of fused-ring (bicyclic) bond motifs is 1. The van der Waals surface area contributed by atoms with Crippen molar-refractivity contribution in [3.05, 3.63) is 81.3 Å². The van der Waals surface area contributed by atoms with E-state index in [0.29, 0.717) is 30.8 Å². The van der Waals surface area contributed by atoms with E-state index in [1.54, 1.807) is 9.58 Å². The van der Waals surface area contributed by atoms with E-state index in [4.69, 9.17) is 4.74 Å². The number of amides is 1. The van der Waals surface area contributed by atoms with Gasteiger partial charge in [0.2, 0.25) is 0 Å². The molecule has 1 aliphatic rings. The van der Waals surface area contributed by atoms with Crippen LogP contribution in [0.15, 0.2) is 53.3 Å². The highest BCUT2D eigenvalue weighted by molar-refractivity contribution is 5.78. The van der Waals surface area contributed by atoms with Crippen molar-refractivity contribution in [2.45, 2.75) is 26.8 Å². The van der Waals surface area contributed by atoms with Crippen LogP contribution in [0.1, 0.15) is 22.4 Å². The minimum atomic E-state index is -0.113. The molecule has 0 spiro atoms. The van der Waals surface area contributed by atoms with E-state index < -0.39 is 0 Å². The quantitative estimate of drug-likeness (QED) is 0.760. The summed E-state index contributed by atoms with van der Waals surface area (Å²) in [6.45, 7) is 4.82. The molecule has 0 unspecified atom stereocenters. The second-order valence-electron chi connectivity index (χ2n) is 7.17. The van der Waals surface area contributed by atoms with Crippen LogP contribution >= 0.6 is 0 Å². The van der Waals surface area contributed by atoms with E-state index >= 15 is 0 Å². The molecule has 0 bridgehead atoms. The zero-order chi connectivity index (χ0) is 19.7. The number of ether oxygens (including phenoxy) is 1. The third-order valence-electron chi connectivity index (χ3n) is 5.10. The van der Waals surface area contributed by atoms with Gasteiger partial charge in [-0.25, -0.2) is 4.68 Å². The van der Waals surface area contributed by atoms with Gasteiger partial charge in [-0.05, 0) is 37.6 Å². The number of para-hydroxylation sites is 1. The van der Waals surface area contributed by atoms with Gasteiger partial charge in [0.1, 0.15) is 5.75 Å². The molecule has 0 atom stereocenters. The molecule has 3 aromatic rings. The summed E-state index contributed by atoms with van der Waals surface area (Å²) in [6.07, 6.45) is 0.625. The van der Waals surface area contributed by atoms with Gasteiger partial charge in [-0.2, -0.15) is 0 Å². The second kappa shape index (κ2) is 7.38. The maximum atomic E-state index is 12.8. The number of carbonyl (C=O) groups is 1. The van der Waals surface area contributed by atoms with E-state index in [1.165, 1.54) is 0 Å². The zero-order valence-electron chi connectivity index (χ0n) is 16.1. The van der Waals surface area contributed by atoms with Crippen LogP contribution in [0.2, 0.25) is 0 Å². The predicted octanol–water partition coefficient (Wildman–Crippen LogP) is 2.75. The Labute approximate surface area is 163 Å². The summed E-state index contributed by atoms with van der Waals surface area (Å²) in [6, 6.07) is 15.3. The van der Waals surface area contributed by atoms with Crippen molar-refractivity contribution in [2.24, 2.45) is 0 Å². The highest BCUT2D eigenvalue weighted by Gasteiger charge is 2.26. The van der Waals surface area contributed by atoms with Gasteiger partial charge < -0.3 is 9.64 Å².